The van der Waals surface area contributed by atoms with E-state index in [9.17, 15) is 0 Å². The van der Waals surface area contributed by atoms with Gasteiger partial charge in [-0.05, 0) is 24.6 Å². The van der Waals surface area contributed by atoms with Crippen molar-refractivity contribution in [1.82, 2.24) is 19.7 Å². The van der Waals surface area contributed by atoms with E-state index in [4.69, 9.17) is 10.9 Å². The largest absolute Gasteiger partial charge is 0.409 e. The van der Waals surface area contributed by atoms with E-state index in [-0.39, 0.29) is 5.84 Å². The van der Waals surface area contributed by atoms with E-state index in [2.05, 4.69) is 20.3 Å². The highest BCUT2D eigenvalue weighted by Gasteiger charge is 2.07. The maximum atomic E-state index is 8.62. The summed E-state index contributed by atoms with van der Waals surface area (Å²) in [6, 6.07) is 3.66. The molecule has 0 radical (unpaired) electrons. The zero-order valence-corrected chi connectivity index (χ0v) is 11.4. The monoisotopic (exact) mass is 278 g/mol. The maximum absolute atomic E-state index is 8.62. The maximum Gasteiger partial charge on any atom is 0.191 e. The summed E-state index contributed by atoms with van der Waals surface area (Å²) in [5.41, 5.74) is 6.97. The Morgan fingerprint density at radius 1 is 1.53 bits per heavy atom. The fourth-order valence-electron chi connectivity index (χ4n) is 1.42. The predicted octanol–water partition coefficient (Wildman–Crippen LogP) is 0.905. The normalized spacial score (nSPS) is 11.8. The molecule has 0 aliphatic heterocycles. The topological polar surface area (TPSA) is 102 Å². The Morgan fingerprint density at radius 3 is 2.95 bits per heavy atom. The molecular formula is C11H14N6OS. The third-order valence-corrected chi connectivity index (χ3v) is 3.71. The average Bonchev–Trinajstić information content (AvgIpc) is 2.76. The van der Waals surface area contributed by atoms with E-state index >= 15 is 0 Å². The number of nitrogens with zero attached hydrogens (tertiary/aromatic N) is 5. The van der Waals surface area contributed by atoms with E-state index in [0.29, 0.717) is 11.4 Å². The number of rotatable bonds is 4. The van der Waals surface area contributed by atoms with Crippen molar-refractivity contribution in [2.45, 2.75) is 17.8 Å². The Balaban J connectivity index is 2.10. The number of hydrogen-bond acceptors (Lipinski definition) is 6. The first-order chi connectivity index (χ1) is 9.11. The highest BCUT2D eigenvalue weighted by Crippen LogP contribution is 2.20. The summed E-state index contributed by atoms with van der Waals surface area (Å²) in [6.07, 6.45) is 1.63. The Hall–Kier alpha value is -2.09. The predicted molar refractivity (Wildman–Crippen MR) is 72.0 cm³/mol. The molecule has 0 atom stereocenters. The van der Waals surface area contributed by atoms with E-state index in [1.54, 1.807) is 24.0 Å². The van der Waals surface area contributed by atoms with Crippen LogP contribution in [0.5, 0.6) is 0 Å². The number of pyridine rings is 1. The lowest BCUT2D eigenvalue weighted by Crippen LogP contribution is -2.15. The summed E-state index contributed by atoms with van der Waals surface area (Å²) in [4.78, 5) is 4.03. The molecule has 0 saturated heterocycles. The van der Waals surface area contributed by atoms with Gasteiger partial charge in [0.25, 0.3) is 0 Å². The molecule has 0 saturated carbocycles. The third kappa shape index (κ3) is 3.02. The SMILES string of the molecule is Cc1nnc(SCc2ccnc(C(N)=NO)c2)n1C. The molecule has 2 heterocycles. The van der Waals surface area contributed by atoms with Crippen molar-refractivity contribution >= 4 is 17.6 Å². The van der Waals surface area contributed by atoms with Crippen LogP contribution in [0.3, 0.4) is 0 Å². The molecule has 19 heavy (non-hydrogen) atoms. The first kappa shape index (κ1) is 13.3. The second-order valence-electron chi connectivity index (χ2n) is 3.91. The minimum absolute atomic E-state index is 0.00125. The Kier molecular flexibility index (Phi) is 4.00. The molecule has 0 fully saturated rings. The van der Waals surface area contributed by atoms with Crippen LogP contribution >= 0.6 is 11.8 Å². The summed E-state index contributed by atoms with van der Waals surface area (Å²) in [7, 11) is 1.92. The van der Waals surface area contributed by atoms with Crippen molar-refractivity contribution in [3.63, 3.8) is 0 Å². The molecule has 0 spiro atoms. The highest BCUT2D eigenvalue weighted by atomic mass is 32.2. The lowest BCUT2D eigenvalue weighted by atomic mass is 10.2. The van der Waals surface area contributed by atoms with Gasteiger partial charge in [0.05, 0.1) is 0 Å². The highest BCUT2D eigenvalue weighted by molar-refractivity contribution is 7.98. The number of amidine groups is 1. The smallest absolute Gasteiger partial charge is 0.191 e. The van der Waals surface area contributed by atoms with Crippen LogP contribution in [-0.4, -0.2) is 30.8 Å². The minimum atomic E-state index is 0.00125. The number of oxime groups is 1. The van der Waals surface area contributed by atoms with Gasteiger partial charge in [-0.25, -0.2) is 0 Å². The van der Waals surface area contributed by atoms with Crippen LogP contribution in [0.15, 0.2) is 28.6 Å². The fraction of sp³-hybridized carbons (Fsp3) is 0.273. The first-order valence-corrected chi connectivity index (χ1v) is 6.52. The number of nitrogens with two attached hydrogens (primary N) is 1. The summed E-state index contributed by atoms with van der Waals surface area (Å²) >= 11 is 1.57. The van der Waals surface area contributed by atoms with Gasteiger partial charge in [0.2, 0.25) is 0 Å². The lowest BCUT2D eigenvalue weighted by molar-refractivity contribution is 0.318. The Morgan fingerprint density at radius 2 is 2.32 bits per heavy atom. The summed E-state index contributed by atoms with van der Waals surface area (Å²) in [5.74, 6) is 1.58. The van der Waals surface area contributed by atoms with Crippen molar-refractivity contribution in [3.05, 3.63) is 35.4 Å². The number of aromatic nitrogens is 4. The first-order valence-electron chi connectivity index (χ1n) is 5.53. The van der Waals surface area contributed by atoms with E-state index in [0.717, 1.165) is 16.5 Å². The Labute approximate surface area is 114 Å². The molecule has 0 unspecified atom stereocenters. The minimum Gasteiger partial charge on any atom is -0.409 e. The van der Waals surface area contributed by atoms with E-state index in [1.165, 1.54) is 0 Å². The number of thioether (sulfide) groups is 1. The molecule has 3 N–H and O–H groups in total. The fourth-order valence-corrected chi connectivity index (χ4v) is 2.32. The zero-order valence-electron chi connectivity index (χ0n) is 10.6. The summed E-state index contributed by atoms with van der Waals surface area (Å²) in [6.45, 7) is 1.90. The molecule has 0 amide bonds. The third-order valence-electron chi connectivity index (χ3n) is 2.62. The second kappa shape index (κ2) is 5.70. The quantitative estimate of drug-likeness (QED) is 0.283. The van der Waals surface area contributed by atoms with Gasteiger partial charge in [0.1, 0.15) is 11.5 Å². The molecule has 0 bridgehead atoms. The van der Waals surface area contributed by atoms with Gasteiger partial charge in [-0.1, -0.05) is 16.9 Å². The lowest BCUT2D eigenvalue weighted by Gasteiger charge is -2.03. The van der Waals surface area contributed by atoms with Gasteiger partial charge < -0.3 is 15.5 Å². The van der Waals surface area contributed by atoms with Crippen molar-refractivity contribution in [1.29, 1.82) is 0 Å². The summed E-state index contributed by atoms with van der Waals surface area (Å²) in [5, 5.41) is 20.5. The van der Waals surface area contributed by atoms with Crippen LogP contribution in [0.1, 0.15) is 17.1 Å². The van der Waals surface area contributed by atoms with Gasteiger partial charge in [0, 0.05) is 19.0 Å². The summed E-state index contributed by atoms with van der Waals surface area (Å²) < 4.78 is 1.93. The van der Waals surface area contributed by atoms with Gasteiger partial charge in [-0.2, -0.15) is 0 Å². The molecule has 2 rings (SSSR count). The van der Waals surface area contributed by atoms with Crippen molar-refractivity contribution in [2.24, 2.45) is 17.9 Å². The Bertz CT molecular complexity index is 609. The molecule has 100 valence electrons. The standard InChI is InChI=1S/C11H14N6OS/c1-7-14-15-11(17(7)2)19-6-8-3-4-13-9(5-8)10(12)16-18/h3-5,18H,6H2,1-2H3,(H2,12,16). The van der Waals surface area contributed by atoms with Crippen LogP contribution < -0.4 is 5.73 Å². The molecule has 2 aromatic heterocycles. The molecule has 0 aromatic carbocycles. The van der Waals surface area contributed by atoms with Crippen molar-refractivity contribution < 1.29 is 5.21 Å². The van der Waals surface area contributed by atoms with Crippen LogP contribution in [0.25, 0.3) is 0 Å². The second-order valence-corrected chi connectivity index (χ2v) is 4.85. The number of hydrogen-bond donors (Lipinski definition) is 2. The molecular weight excluding hydrogens is 264 g/mol. The molecule has 8 heteroatoms. The molecule has 7 nitrogen and oxygen atoms in total. The van der Waals surface area contributed by atoms with Crippen molar-refractivity contribution in [2.75, 3.05) is 0 Å². The van der Waals surface area contributed by atoms with E-state index < -0.39 is 0 Å². The van der Waals surface area contributed by atoms with Crippen LogP contribution in [0, 0.1) is 6.92 Å². The van der Waals surface area contributed by atoms with Crippen LogP contribution in [0.2, 0.25) is 0 Å². The van der Waals surface area contributed by atoms with E-state index in [1.807, 2.05) is 24.6 Å². The molecule has 2 aromatic rings. The average molecular weight is 278 g/mol. The van der Waals surface area contributed by atoms with Crippen LogP contribution in [-0.2, 0) is 12.8 Å². The van der Waals surface area contributed by atoms with Gasteiger partial charge in [0.15, 0.2) is 11.0 Å². The number of aryl methyl sites for hydroxylation is 1. The van der Waals surface area contributed by atoms with Gasteiger partial charge in [-0.3, -0.25) is 4.98 Å². The van der Waals surface area contributed by atoms with Crippen molar-refractivity contribution in [3.8, 4) is 0 Å². The van der Waals surface area contributed by atoms with Crippen LogP contribution in [0.4, 0.5) is 0 Å². The van der Waals surface area contributed by atoms with Gasteiger partial charge >= 0.3 is 0 Å². The zero-order chi connectivity index (χ0) is 13.8. The van der Waals surface area contributed by atoms with Gasteiger partial charge in [-0.15, -0.1) is 10.2 Å². The molecule has 0 aliphatic carbocycles. The molecule has 0 aliphatic rings.